The first-order valence-corrected chi connectivity index (χ1v) is 10.3. The molecule has 3 aromatic rings. The van der Waals surface area contributed by atoms with Crippen molar-refractivity contribution >= 4 is 21.1 Å². The zero-order valence-corrected chi connectivity index (χ0v) is 15.8. The summed E-state index contributed by atoms with van der Waals surface area (Å²) in [6.07, 6.45) is 1.19. The number of sulfonamides is 1. The highest BCUT2D eigenvalue weighted by molar-refractivity contribution is 7.89. The maximum atomic E-state index is 12.9. The topological polar surface area (TPSA) is 84.4 Å². The Hall–Kier alpha value is -2.58. The van der Waals surface area contributed by atoms with Crippen LogP contribution in [0.3, 0.4) is 0 Å². The van der Waals surface area contributed by atoms with Crippen molar-refractivity contribution in [3.63, 3.8) is 0 Å². The van der Waals surface area contributed by atoms with Crippen LogP contribution in [0.5, 0.6) is 5.75 Å². The number of nitrogens with zero attached hydrogens (tertiary/aromatic N) is 2. The lowest BCUT2D eigenvalue weighted by molar-refractivity contribution is 0.274. The second-order valence-corrected chi connectivity index (χ2v) is 8.57. The summed E-state index contributed by atoms with van der Waals surface area (Å²) >= 11 is 0. The number of nitrogens with one attached hydrogen (secondary N) is 1. The van der Waals surface area contributed by atoms with Gasteiger partial charge >= 0.3 is 5.69 Å². The Labute approximate surface area is 157 Å². The number of methoxy groups -OCH3 is 1. The average Bonchev–Trinajstić information content (AvgIpc) is 3.04. The number of ether oxygens (including phenoxy) is 1. The van der Waals surface area contributed by atoms with Gasteiger partial charge in [-0.1, -0.05) is 12.1 Å². The van der Waals surface area contributed by atoms with Gasteiger partial charge in [0.1, 0.15) is 5.75 Å². The molecule has 0 bridgehead atoms. The molecule has 1 aliphatic rings. The van der Waals surface area contributed by atoms with Crippen LogP contribution in [0.15, 0.2) is 58.2 Å². The minimum absolute atomic E-state index is 0.0176. The highest BCUT2D eigenvalue weighted by Crippen LogP contribution is 2.28. The second-order valence-electron chi connectivity index (χ2n) is 6.63. The summed E-state index contributed by atoms with van der Waals surface area (Å²) in [5, 5.41) is 0. The average molecular weight is 387 g/mol. The summed E-state index contributed by atoms with van der Waals surface area (Å²) in [5.41, 5.74) is 1.52. The summed E-state index contributed by atoms with van der Waals surface area (Å²) < 4.78 is 34.1. The highest BCUT2D eigenvalue weighted by Gasteiger charge is 2.31. The minimum atomic E-state index is -3.55. The normalized spacial score (nSPS) is 16.6. The van der Waals surface area contributed by atoms with Crippen molar-refractivity contribution in [2.45, 2.75) is 23.8 Å². The second kappa shape index (κ2) is 6.86. The van der Waals surface area contributed by atoms with Crippen LogP contribution in [0.25, 0.3) is 11.0 Å². The molecular formula is C19H21N3O4S. The fourth-order valence-electron chi connectivity index (χ4n) is 3.67. The summed E-state index contributed by atoms with van der Waals surface area (Å²) in [5.74, 6) is 0.617. The molecule has 142 valence electrons. The maximum absolute atomic E-state index is 12.9. The molecule has 0 spiro atoms. The van der Waals surface area contributed by atoms with Crippen LogP contribution < -0.4 is 10.4 Å². The summed E-state index contributed by atoms with van der Waals surface area (Å²) in [4.78, 5) is 15.5. The van der Waals surface area contributed by atoms with Gasteiger partial charge in [0.25, 0.3) is 0 Å². The van der Waals surface area contributed by atoms with E-state index >= 15 is 0 Å². The molecule has 0 radical (unpaired) electrons. The van der Waals surface area contributed by atoms with Crippen LogP contribution in [-0.2, 0) is 10.0 Å². The van der Waals surface area contributed by atoms with Crippen molar-refractivity contribution in [1.29, 1.82) is 0 Å². The van der Waals surface area contributed by atoms with Gasteiger partial charge in [-0.15, -0.1) is 0 Å². The van der Waals surface area contributed by atoms with Crippen molar-refractivity contribution in [2.24, 2.45) is 0 Å². The molecule has 4 rings (SSSR count). The lowest BCUT2D eigenvalue weighted by Gasteiger charge is -2.31. The quantitative estimate of drug-likeness (QED) is 0.745. The van der Waals surface area contributed by atoms with E-state index in [2.05, 4.69) is 4.98 Å². The van der Waals surface area contributed by atoms with Crippen LogP contribution in [0, 0.1) is 0 Å². The van der Waals surface area contributed by atoms with Gasteiger partial charge in [0.05, 0.1) is 23.0 Å². The Balaban J connectivity index is 1.54. The van der Waals surface area contributed by atoms with E-state index in [4.69, 9.17) is 4.74 Å². The molecule has 2 aromatic carbocycles. The van der Waals surface area contributed by atoms with Crippen molar-refractivity contribution in [2.75, 3.05) is 20.2 Å². The Morgan fingerprint density at radius 3 is 2.37 bits per heavy atom. The number of piperidine rings is 1. The van der Waals surface area contributed by atoms with Crippen LogP contribution in [0.1, 0.15) is 18.9 Å². The van der Waals surface area contributed by atoms with Crippen LogP contribution >= 0.6 is 0 Å². The number of fused-ring (bicyclic) bond motifs is 1. The lowest BCUT2D eigenvalue weighted by atomic mass is 10.1. The number of hydrogen-bond acceptors (Lipinski definition) is 4. The lowest BCUT2D eigenvalue weighted by Crippen LogP contribution is -2.40. The first-order valence-electron chi connectivity index (χ1n) is 8.84. The highest BCUT2D eigenvalue weighted by atomic mass is 32.2. The van der Waals surface area contributed by atoms with Gasteiger partial charge in [-0.2, -0.15) is 4.31 Å². The van der Waals surface area contributed by atoms with Gasteiger partial charge in [0.2, 0.25) is 10.0 Å². The predicted molar refractivity (Wildman–Crippen MR) is 103 cm³/mol. The van der Waals surface area contributed by atoms with Gasteiger partial charge in [0, 0.05) is 19.1 Å². The molecule has 0 unspecified atom stereocenters. The fourth-order valence-corrected chi connectivity index (χ4v) is 5.14. The molecule has 2 heterocycles. The molecule has 1 aliphatic heterocycles. The smallest absolute Gasteiger partial charge is 0.326 e. The van der Waals surface area contributed by atoms with E-state index in [1.54, 1.807) is 35.9 Å². The molecule has 0 amide bonds. The number of para-hydroxylation sites is 2. The van der Waals surface area contributed by atoms with Crippen molar-refractivity contribution < 1.29 is 13.2 Å². The van der Waals surface area contributed by atoms with E-state index in [-0.39, 0.29) is 16.6 Å². The fraction of sp³-hybridized carbons (Fsp3) is 0.316. The number of H-pyrrole nitrogens is 1. The number of aromatic amines is 1. The van der Waals surface area contributed by atoms with Crippen LogP contribution in [-0.4, -0.2) is 42.5 Å². The largest absolute Gasteiger partial charge is 0.497 e. The van der Waals surface area contributed by atoms with Gasteiger partial charge in [-0.25, -0.2) is 13.2 Å². The predicted octanol–water partition coefficient (Wildman–Crippen LogP) is 2.36. The summed E-state index contributed by atoms with van der Waals surface area (Å²) in [7, 11) is -2.01. The Morgan fingerprint density at radius 1 is 1.04 bits per heavy atom. The van der Waals surface area contributed by atoms with Crippen LogP contribution in [0.4, 0.5) is 0 Å². The van der Waals surface area contributed by atoms with E-state index in [1.165, 1.54) is 4.31 Å². The van der Waals surface area contributed by atoms with E-state index in [9.17, 15) is 13.2 Å². The van der Waals surface area contributed by atoms with E-state index < -0.39 is 10.0 Å². The molecule has 0 aliphatic carbocycles. The first-order chi connectivity index (χ1) is 13.0. The minimum Gasteiger partial charge on any atom is -0.497 e. The maximum Gasteiger partial charge on any atom is 0.326 e. The summed E-state index contributed by atoms with van der Waals surface area (Å²) in [6, 6.07) is 14.0. The molecule has 7 nitrogen and oxygen atoms in total. The molecule has 1 fully saturated rings. The molecule has 1 N–H and O–H groups in total. The zero-order valence-electron chi connectivity index (χ0n) is 15.0. The third kappa shape index (κ3) is 3.15. The van der Waals surface area contributed by atoms with Gasteiger partial charge in [-0.3, -0.25) is 4.57 Å². The van der Waals surface area contributed by atoms with E-state index in [1.807, 2.05) is 24.3 Å². The van der Waals surface area contributed by atoms with Gasteiger partial charge < -0.3 is 9.72 Å². The zero-order chi connectivity index (χ0) is 19.0. The van der Waals surface area contributed by atoms with E-state index in [0.29, 0.717) is 31.7 Å². The third-order valence-electron chi connectivity index (χ3n) is 5.11. The Morgan fingerprint density at radius 2 is 1.70 bits per heavy atom. The Bertz CT molecular complexity index is 1110. The van der Waals surface area contributed by atoms with Crippen molar-refractivity contribution in [3.8, 4) is 5.75 Å². The molecule has 1 aromatic heterocycles. The van der Waals surface area contributed by atoms with Crippen molar-refractivity contribution in [3.05, 3.63) is 59.0 Å². The van der Waals surface area contributed by atoms with Crippen molar-refractivity contribution in [1.82, 2.24) is 13.9 Å². The molecule has 1 saturated heterocycles. The molecule has 8 heteroatoms. The van der Waals surface area contributed by atoms with Gasteiger partial charge in [-0.05, 0) is 49.2 Å². The van der Waals surface area contributed by atoms with E-state index in [0.717, 1.165) is 11.0 Å². The molecule has 0 saturated carbocycles. The molecular weight excluding hydrogens is 366 g/mol. The standard InChI is InChI=1S/C19H21N3O4S/c1-26-15-6-8-16(9-7-15)27(24,25)21-12-10-14(11-13-21)22-18-5-3-2-4-17(18)20-19(22)23/h2-9,14H,10-13H2,1H3,(H,20,23). The SMILES string of the molecule is COc1ccc(S(=O)(=O)N2CCC(n3c(=O)[nH]c4ccccc43)CC2)cc1. The van der Waals surface area contributed by atoms with Gasteiger partial charge in [0.15, 0.2) is 0 Å². The number of rotatable bonds is 4. The summed E-state index contributed by atoms with van der Waals surface area (Å²) in [6.45, 7) is 0.760. The molecule has 0 atom stereocenters. The molecule has 27 heavy (non-hydrogen) atoms. The first kappa shape index (κ1) is 17.8. The Kier molecular flexibility index (Phi) is 4.53. The number of hydrogen-bond donors (Lipinski definition) is 1. The number of benzene rings is 2. The van der Waals surface area contributed by atoms with Crippen LogP contribution in [0.2, 0.25) is 0 Å². The number of imidazole rings is 1. The monoisotopic (exact) mass is 387 g/mol. The number of aromatic nitrogens is 2. The third-order valence-corrected chi connectivity index (χ3v) is 7.02.